The molecule has 0 saturated heterocycles. The van der Waals surface area contributed by atoms with Crippen LogP contribution in [0.3, 0.4) is 0 Å². The van der Waals surface area contributed by atoms with Crippen LogP contribution in [0, 0.1) is 0 Å². The zero-order valence-corrected chi connectivity index (χ0v) is 11.7. The second-order valence-electron chi connectivity index (χ2n) is 4.81. The lowest BCUT2D eigenvalue weighted by Crippen LogP contribution is -2.41. The Morgan fingerprint density at radius 1 is 0.650 bits per heavy atom. The first kappa shape index (κ1) is 14.7. The van der Waals surface area contributed by atoms with Gasteiger partial charge < -0.3 is 0 Å². The van der Waals surface area contributed by atoms with Gasteiger partial charge in [-0.3, -0.25) is 10.4 Å². The highest BCUT2D eigenvalue weighted by molar-refractivity contribution is 5.19. The van der Waals surface area contributed by atoms with E-state index in [0.29, 0.717) is 0 Å². The summed E-state index contributed by atoms with van der Waals surface area (Å²) in [4.78, 5) is 0. The minimum Gasteiger partial charge on any atom is -0.296 e. The minimum atomic E-state index is -0.340. The van der Waals surface area contributed by atoms with Crippen molar-refractivity contribution < 1.29 is 10.4 Å². The second kappa shape index (κ2) is 6.63. The van der Waals surface area contributed by atoms with E-state index in [1.807, 2.05) is 74.5 Å². The first-order chi connectivity index (χ1) is 9.61. The Balaban J connectivity index is 2.10. The summed E-state index contributed by atoms with van der Waals surface area (Å²) in [6, 6.07) is 18.4. The molecule has 2 atom stereocenters. The molecule has 0 aliphatic carbocycles. The second-order valence-corrected chi connectivity index (χ2v) is 4.81. The molecule has 0 saturated carbocycles. The molecule has 0 bridgehead atoms. The molecule has 4 nitrogen and oxygen atoms in total. The number of hydroxylamine groups is 2. The first-order valence-corrected chi connectivity index (χ1v) is 6.67. The Bertz CT molecular complexity index is 469. The smallest absolute Gasteiger partial charge is 0.0756 e. The van der Waals surface area contributed by atoms with Crippen LogP contribution >= 0.6 is 0 Å². The molecule has 2 N–H and O–H groups in total. The summed E-state index contributed by atoms with van der Waals surface area (Å²) in [5.41, 5.74) is 1.85. The molecule has 20 heavy (non-hydrogen) atoms. The van der Waals surface area contributed by atoms with Gasteiger partial charge in [0, 0.05) is 0 Å². The van der Waals surface area contributed by atoms with Gasteiger partial charge in [0.25, 0.3) is 0 Å². The van der Waals surface area contributed by atoms with Crippen LogP contribution in [0.15, 0.2) is 60.7 Å². The van der Waals surface area contributed by atoms with Crippen LogP contribution in [-0.4, -0.2) is 20.8 Å². The van der Waals surface area contributed by atoms with Crippen molar-refractivity contribution in [2.24, 2.45) is 0 Å². The van der Waals surface area contributed by atoms with Crippen LogP contribution < -0.4 is 0 Å². The standard InChI is InChI=1S/C16H20N2O2/c1-13(15-9-5-3-6-10-15)17(19)18(20)14(2)16-11-7-4-8-12-16/h3-14,19-20H,1-2H3. The average Bonchev–Trinajstić information content (AvgIpc) is 2.53. The monoisotopic (exact) mass is 272 g/mol. The molecule has 2 rings (SSSR count). The summed E-state index contributed by atoms with van der Waals surface area (Å²) in [5, 5.41) is 22.1. The number of nitrogens with zero attached hydrogens (tertiary/aromatic N) is 2. The van der Waals surface area contributed by atoms with E-state index in [0.717, 1.165) is 21.5 Å². The predicted octanol–water partition coefficient (Wildman–Crippen LogP) is 3.81. The topological polar surface area (TPSA) is 46.9 Å². The van der Waals surface area contributed by atoms with E-state index in [2.05, 4.69) is 0 Å². The Labute approximate surface area is 119 Å². The Morgan fingerprint density at radius 3 is 1.25 bits per heavy atom. The quantitative estimate of drug-likeness (QED) is 0.813. The molecule has 4 heteroatoms. The van der Waals surface area contributed by atoms with Crippen LogP contribution in [0.2, 0.25) is 0 Å². The molecular formula is C16H20N2O2. The van der Waals surface area contributed by atoms with Crippen molar-refractivity contribution in [1.82, 2.24) is 10.3 Å². The van der Waals surface area contributed by atoms with Gasteiger partial charge in [-0.25, -0.2) is 0 Å². The summed E-state index contributed by atoms with van der Waals surface area (Å²) < 4.78 is 0. The largest absolute Gasteiger partial charge is 0.296 e. The molecule has 2 aromatic rings. The van der Waals surface area contributed by atoms with Gasteiger partial charge in [-0.05, 0) is 25.0 Å². The zero-order chi connectivity index (χ0) is 14.5. The zero-order valence-electron chi connectivity index (χ0n) is 11.7. The van der Waals surface area contributed by atoms with Crippen molar-refractivity contribution in [3.63, 3.8) is 0 Å². The molecule has 0 aliphatic heterocycles. The van der Waals surface area contributed by atoms with Gasteiger partial charge >= 0.3 is 0 Å². The molecule has 2 aromatic carbocycles. The van der Waals surface area contributed by atoms with Gasteiger partial charge in [0.15, 0.2) is 0 Å². The van der Waals surface area contributed by atoms with Crippen LogP contribution in [0.4, 0.5) is 0 Å². The number of hydrogen-bond donors (Lipinski definition) is 2. The van der Waals surface area contributed by atoms with E-state index in [9.17, 15) is 10.4 Å². The molecular weight excluding hydrogens is 252 g/mol. The summed E-state index contributed by atoms with van der Waals surface area (Å²) in [6.07, 6.45) is 0. The molecule has 0 amide bonds. The maximum atomic E-state index is 10.2. The molecule has 0 heterocycles. The Hall–Kier alpha value is -1.72. The van der Waals surface area contributed by atoms with Gasteiger partial charge in [0.1, 0.15) is 0 Å². The fourth-order valence-corrected chi connectivity index (χ4v) is 2.08. The first-order valence-electron chi connectivity index (χ1n) is 6.67. The lowest BCUT2D eigenvalue weighted by Gasteiger charge is -2.33. The maximum Gasteiger partial charge on any atom is 0.0756 e. The third-order valence-electron chi connectivity index (χ3n) is 3.47. The van der Waals surface area contributed by atoms with Gasteiger partial charge in [-0.1, -0.05) is 71.0 Å². The van der Waals surface area contributed by atoms with Gasteiger partial charge in [-0.2, -0.15) is 0 Å². The molecule has 106 valence electrons. The van der Waals surface area contributed by atoms with Gasteiger partial charge in [-0.15, -0.1) is 0 Å². The van der Waals surface area contributed by atoms with Crippen LogP contribution in [0.5, 0.6) is 0 Å². The summed E-state index contributed by atoms with van der Waals surface area (Å²) >= 11 is 0. The third-order valence-corrected chi connectivity index (χ3v) is 3.47. The lowest BCUT2D eigenvalue weighted by molar-refractivity contribution is -0.401. The van der Waals surface area contributed by atoms with Crippen LogP contribution in [0.1, 0.15) is 37.1 Å². The normalized spacial score (nSPS) is 14.5. The van der Waals surface area contributed by atoms with Crippen molar-refractivity contribution in [1.29, 1.82) is 0 Å². The van der Waals surface area contributed by atoms with E-state index >= 15 is 0 Å². The third kappa shape index (κ3) is 3.23. The van der Waals surface area contributed by atoms with Crippen molar-refractivity contribution in [3.05, 3.63) is 71.8 Å². The summed E-state index contributed by atoms with van der Waals surface area (Å²) in [6.45, 7) is 3.66. The highest BCUT2D eigenvalue weighted by atomic mass is 16.7. The Kier molecular flexibility index (Phi) is 4.87. The van der Waals surface area contributed by atoms with E-state index in [1.54, 1.807) is 0 Å². The van der Waals surface area contributed by atoms with Crippen molar-refractivity contribution in [2.45, 2.75) is 25.9 Å². The fourth-order valence-electron chi connectivity index (χ4n) is 2.08. The van der Waals surface area contributed by atoms with Crippen LogP contribution in [-0.2, 0) is 0 Å². The molecule has 2 unspecified atom stereocenters. The molecule has 0 aliphatic rings. The fraction of sp³-hybridized carbons (Fsp3) is 0.250. The molecule has 0 radical (unpaired) electrons. The number of hydrazine groups is 1. The molecule has 0 aromatic heterocycles. The van der Waals surface area contributed by atoms with Gasteiger partial charge in [0.05, 0.1) is 12.1 Å². The number of benzene rings is 2. The molecule has 0 spiro atoms. The minimum absolute atomic E-state index is 0.340. The van der Waals surface area contributed by atoms with E-state index < -0.39 is 0 Å². The van der Waals surface area contributed by atoms with E-state index in [4.69, 9.17) is 0 Å². The highest BCUT2D eigenvalue weighted by Crippen LogP contribution is 2.25. The Morgan fingerprint density at radius 2 is 0.950 bits per heavy atom. The molecule has 0 fully saturated rings. The average molecular weight is 272 g/mol. The van der Waals surface area contributed by atoms with Crippen molar-refractivity contribution >= 4 is 0 Å². The number of rotatable bonds is 5. The highest BCUT2D eigenvalue weighted by Gasteiger charge is 2.24. The van der Waals surface area contributed by atoms with E-state index in [-0.39, 0.29) is 12.1 Å². The van der Waals surface area contributed by atoms with Crippen molar-refractivity contribution in [3.8, 4) is 0 Å². The van der Waals surface area contributed by atoms with Crippen LogP contribution in [0.25, 0.3) is 0 Å². The SMILES string of the molecule is CC(c1ccccc1)N(O)N(O)C(C)c1ccccc1. The van der Waals surface area contributed by atoms with E-state index in [1.165, 1.54) is 0 Å². The summed E-state index contributed by atoms with van der Waals surface area (Å²) in [5.74, 6) is 0. The lowest BCUT2D eigenvalue weighted by atomic mass is 10.1. The predicted molar refractivity (Wildman–Crippen MR) is 77.0 cm³/mol. The number of hydrogen-bond acceptors (Lipinski definition) is 4. The summed E-state index contributed by atoms with van der Waals surface area (Å²) in [7, 11) is 0. The van der Waals surface area contributed by atoms with Crippen molar-refractivity contribution in [2.75, 3.05) is 0 Å². The maximum absolute atomic E-state index is 10.2. The van der Waals surface area contributed by atoms with Gasteiger partial charge in [0.2, 0.25) is 0 Å².